The molecule has 0 amide bonds. The fourth-order valence-electron chi connectivity index (χ4n) is 2.50. The van der Waals surface area contributed by atoms with Crippen LogP contribution in [0.3, 0.4) is 0 Å². The molecule has 88 valence electrons. The number of likely N-dealkylation sites (N-methyl/N-ethyl adjacent to an activating group) is 1. The third-order valence-electron chi connectivity index (χ3n) is 3.33. The number of hydrogen-bond acceptors (Lipinski definition) is 2. The van der Waals surface area contributed by atoms with Crippen molar-refractivity contribution in [1.29, 1.82) is 0 Å². The molecule has 2 nitrogen and oxygen atoms in total. The fourth-order valence-corrected chi connectivity index (χ4v) is 2.50. The third-order valence-corrected chi connectivity index (χ3v) is 3.33. The highest BCUT2D eigenvalue weighted by atomic mass is 19.1. The minimum Gasteiger partial charge on any atom is -0.315 e. The average Bonchev–Trinajstić information content (AvgIpc) is 2.41. The number of hydrogen-bond donors (Lipinski definition) is 1. The number of halogens is 1. The first-order chi connectivity index (χ1) is 7.62. The second-order valence-corrected chi connectivity index (χ2v) is 4.96. The van der Waals surface area contributed by atoms with Crippen LogP contribution in [0.4, 0.5) is 4.39 Å². The van der Waals surface area contributed by atoms with Crippen LogP contribution in [0.5, 0.6) is 0 Å². The van der Waals surface area contributed by atoms with Crippen molar-refractivity contribution >= 4 is 0 Å². The monoisotopic (exact) mass is 222 g/mol. The summed E-state index contributed by atoms with van der Waals surface area (Å²) in [4.78, 5) is 2.26. The van der Waals surface area contributed by atoms with E-state index in [1.165, 1.54) is 0 Å². The summed E-state index contributed by atoms with van der Waals surface area (Å²) >= 11 is 0. The molecule has 1 atom stereocenters. The molecule has 0 spiro atoms. The summed E-state index contributed by atoms with van der Waals surface area (Å²) in [5.74, 6) is -0.0953. The van der Waals surface area contributed by atoms with Crippen LogP contribution in [0.15, 0.2) is 24.3 Å². The van der Waals surface area contributed by atoms with Gasteiger partial charge in [0.1, 0.15) is 5.82 Å². The largest absolute Gasteiger partial charge is 0.315 e. The Morgan fingerprint density at radius 3 is 2.88 bits per heavy atom. The van der Waals surface area contributed by atoms with Crippen LogP contribution in [0, 0.1) is 5.82 Å². The Kier molecular flexibility index (Phi) is 3.26. The van der Waals surface area contributed by atoms with Crippen LogP contribution in [0.1, 0.15) is 12.5 Å². The summed E-state index contributed by atoms with van der Waals surface area (Å²) in [5.41, 5.74) is 0.674. The smallest absolute Gasteiger partial charge is 0.127 e. The number of benzene rings is 1. The van der Waals surface area contributed by atoms with Gasteiger partial charge in [-0.25, -0.2) is 4.39 Å². The van der Waals surface area contributed by atoms with Gasteiger partial charge in [-0.3, -0.25) is 0 Å². The molecular weight excluding hydrogens is 203 g/mol. The Morgan fingerprint density at radius 2 is 2.12 bits per heavy atom. The van der Waals surface area contributed by atoms with Crippen molar-refractivity contribution in [2.75, 3.05) is 33.2 Å². The van der Waals surface area contributed by atoms with E-state index >= 15 is 0 Å². The van der Waals surface area contributed by atoms with Crippen LogP contribution in [0.2, 0.25) is 0 Å². The van der Waals surface area contributed by atoms with E-state index in [0.29, 0.717) is 0 Å². The molecule has 1 saturated heterocycles. The normalized spacial score (nSPS) is 27.7. The lowest BCUT2D eigenvalue weighted by Crippen LogP contribution is -2.40. The molecule has 1 aliphatic rings. The van der Waals surface area contributed by atoms with Gasteiger partial charge in [-0.15, -0.1) is 0 Å². The highest BCUT2D eigenvalue weighted by molar-refractivity contribution is 5.27. The minimum absolute atomic E-state index is 0.0953. The predicted molar refractivity (Wildman–Crippen MR) is 64.1 cm³/mol. The molecular formula is C13H19FN2. The van der Waals surface area contributed by atoms with Gasteiger partial charge in [0.15, 0.2) is 0 Å². The Labute approximate surface area is 96.5 Å². The van der Waals surface area contributed by atoms with Crippen molar-refractivity contribution in [3.8, 4) is 0 Å². The van der Waals surface area contributed by atoms with Crippen LogP contribution >= 0.6 is 0 Å². The second kappa shape index (κ2) is 4.52. The van der Waals surface area contributed by atoms with Crippen LogP contribution < -0.4 is 5.32 Å². The van der Waals surface area contributed by atoms with Gasteiger partial charge in [-0.05, 0) is 18.7 Å². The highest BCUT2D eigenvalue weighted by Gasteiger charge is 2.31. The van der Waals surface area contributed by atoms with Gasteiger partial charge in [0.2, 0.25) is 0 Å². The molecule has 1 heterocycles. The Balaban J connectivity index is 2.32. The van der Waals surface area contributed by atoms with E-state index in [0.717, 1.165) is 31.7 Å². The number of nitrogens with zero attached hydrogens (tertiary/aromatic N) is 1. The van der Waals surface area contributed by atoms with Crippen molar-refractivity contribution < 1.29 is 4.39 Å². The standard InChI is InChI=1S/C13H19FN2/c1-13(9-15-7-8-16(2)10-13)11-5-3-4-6-12(11)14/h3-6,15H,7-10H2,1-2H3. The molecule has 1 aliphatic heterocycles. The topological polar surface area (TPSA) is 15.3 Å². The SMILES string of the molecule is CN1CCNCC(C)(c2ccccc2F)C1. The van der Waals surface area contributed by atoms with Crippen molar-refractivity contribution in [2.45, 2.75) is 12.3 Å². The first-order valence-corrected chi connectivity index (χ1v) is 5.76. The molecule has 3 heteroatoms. The number of rotatable bonds is 1. The molecule has 0 aromatic heterocycles. The first kappa shape index (κ1) is 11.6. The van der Waals surface area contributed by atoms with Crippen LogP contribution in [0.25, 0.3) is 0 Å². The summed E-state index contributed by atoms with van der Waals surface area (Å²) in [7, 11) is 2.09. The summed E-state index contributed by atoms with van der Waals surface area (Å²) in [6.07, 6.45) is 0. The summed E-state index contributed by atoms with van der Waals surface area (Å²) < 4.78 is 13.8. The van der Waals surface area contributed by atoms with E-state index in [2.05, 4.69) is 24.2 Å². The van der Waals surface area contributed by atoms with Crippen molar-refractivity contribution in [2.24, 2.45) is 0 Å². The van der Waals surface area contributed by atoms with Crippen molar-refractivity contribution in [1.82, 2.24) is 10.2 Å². The average molecular weight is 222 g/mol. The molecule has 1 aromatic rings. The Hall–Kier alpha value is -0.930. The van der Waals surface area contributed by atoms with Gasteiger partial charge in [0.25, 0.3) is 0 Å². The molecule has 1 N–H and O–H groups in total. The van der Waals surface area contributed by atoms with Gasteiger partial charge in [-0.2, -0.15) is 0 Å². The number of nitrogens with one attached hydrogen (secondary N) is 1. The summed E-state index contributed by atoms with van der Waals surface area (Å²) in [5, 5.41) is 3.39. The van der Waals surface area contributed by atoms with Crippen molar-refractivity contribution in [3.63, 3.8) is 0 Å². The van der Waals surface area contributed by atoms with Gasteiger partial charge < -0.3 is 10.2 Å². The van der Waals surface area contributed by atoms with Crippen LogP contribution in [-0.4, -0.2) is 38.1 Å². The van der Waals surface area contributed by atoms with E-state index in [1.807, 2.05) is 12.1 Å². The fraction of sp³-hybridized carbons (Fsp3) is 0.538. The molecule has 0 aliphatic carbocycles. The molecule has 16 heavy (non-hydrogen) atoms. The Bertz CT molecular complexity index is 367. The van der Waals surface area contributed by atoms with Gasteiger partial charge in [0.05, 0.1) is 0 Å². The minimum atomic E-state index is -0.142. The zero-order valence-electron chi connectivity index (χ0n) is 9.96. The van der Waals surface area contributed by atoms with Gasteiger partial charge >= 0.3 is 0 Å². The third kappa shape index (κ3) is 2.25. The van der Waals surface area contributed by atoms with Gasteiger partial charge in [0, 0.05) is 31.6 Å². The van der Waals surface area contributed by atoms with Crippen LogP contribution in [-0.2, 0) is 5.41 Å². The Morgan fingerprint density at radius 1 is 1.38 bits per heavy atom. The maximum Gasteiger partial charge on any atom is 0.127 e. The first-order valence-electron chi connectivity index (χ1n) is 5.76. The lowest BCUT2D eigenvalue weighted by Gasteiger charge is -2.31. The zero-order valence-corrected chi connectivity index (χ0v) is 9.96. The maximum atomic E-state index is 13.8. The molecule has 1 aromatic carbocycles. The van der Waals surface area contributed by atoms with E-state index in [-0.39, 0.29) is 11.2 Å². The van der Waals surface area contributed by atoms with E-state index in [9.17, 15) is 4.39 Å². The molecule has 2 rings (SSSR count). The highest BCUT2D eigenvalue weighted by Crippen LogP contribution is 2.27. The summed E-state index contributed by atoms with van der Waals surface area (Å²) in [6, 6.07) is 7.10. The predicted octanol–water partition coefficient (Wildman–Crippen LogP) is 1.62. The maximum absolute atomic E-state index is 13.8. The van der Waals surface area contributed by atoms with Crippen molar-refractivity contribution in [3.05, 3.63) is 35.6 Å². The van der Waals surface area contributed by atoms with Gasteiger partial charge in [-0.1, -0.05) is 25.1 Å². The molecule has 1 fully saturated rings. The lowest BCUT2D eigenvalue weighted by molar-refractivity contribution is 0.285. The molecule has 0 bridgehead atoms. The second-order valence-electron chi connectivity index (χ2n) is 4.96. The van der Waals surface area contributed by atoms with E-state index < -0.39 is 0 Å². The van der Waals surface area contributed by atoms with E-state index in [4.69, 9.17) is 0 Å². The zero-order chi connectivity index (χ0) is 11.6. The lowest BCUT2D eigenvalue weighted by atomic mass is 9.81. The molecule has 0 radical (unpaired) electrons. The quantitative estimate of drug-likeness (QED) is 0.776. The molecule has 0 saturated carbocycles. The van der Waals surface area contributed by atoms with E-state index in [1.54, 1.807) is 12.1 Å². The molecule has 1 unspecified atom stereocenters. The summed E-state index contributed by atoms with van der Waals surface area (Å²) in [6.45, 7) is 5.84.